The van der Waals surface area contributed by atoms with Gasteiger partial charge in [-0.3, -0.25) is 0 Å². The molecule has 114 valence electrons. The number of hydrogen-bond acceptors (Lipinski definition) is 4. The van der Waals surface area contributed by atoms with E-state index in [1.54, 1.807) is 7.05 Å². The molecule has 2 rings (SSSR count). The molecule has 0 aliphatic heterocycles. The Morgan fingerprint density at radius 1 is 1.33 bits per heavy atom. The van der Waals surface area contributed by atoms with Crippen LogP contribution in [0.25, 0.3) is 0 Å². The van der Waals surface area contributed by atoms with E-state index in [0.717, 1.165) is 10.9 Å². The van der Waals surface area contributed by atoms with Crippen LogP contribution in [-0.2, 0) is 23.1 Å². The maximum Gasteiger partial charge on any atom is 0.243 e. The molecule has 1 aromatic carbocycles. The summed E-state index contributed by atoms with van der Waals surface area (Å²) in [6.45, 7) is 0.636. The van der Waals surface area contributed by atoms with Gasteiger partial charge in [-0.05, 0) is 36.2 Å². The predicted molar refractivity (Wildman–Crippen MR) is 82.1 cm³/mol. The number of hydrogen-bond donors (Lipinski definition) is 1. The fourth-order valence-corrected chi connectivity index (χ4v) is 4.20. The van der Waals surface area contributed by atoms with Crippen LogP contribution in [0.1, 0.15) is 10.4 Å². The number of thiophene rings is 1. The predicted octanol–water partition coefficient (Wildman–Crippen LogP) is 2.43. The highest BCUT2D eigenvalue weighted by Crippen LogP contribution is 2.23. The second kappa shape index (κ2) is 6.65. The summed E-state index contributed by atoms with van der Waals surface area (Å²) >= 11 is 1.49. The molecule has 0 atom stereocenters. The summed E-state index contributed by atoms with van der Waals surface area (Å²) in [6.07, 6.45) is 0. The zero-order valence-electron chi connectivity index (χ0n) is 11.8. The van der Waals surface area contributed by atoms with Crippen molar-refractivity contribution in [2.75, 3.05) is 14.1 Å². The molecule has 4 nitrogen and oxygen atoms in total. The van der Waals surface area contributed by atoms with Gasteiger partial charge in [-0.15, -0.1) is 11.3 Å². The number of halogens is 1. The van der Waals surface area contributed by atoms with E-state index in [-0.39, 0.29) is 11.4 Å². The first-order chi connectivity index (χ1) is 9.95. The lowest BCUT2D eigenvalue weighted by Gasteiger charge is -2.19. The van der Waals surface area contributed by atoms with Gasteiger partial charge in [-0.1, -0.05) is 12.1 Å². The summed E-state index contributed by atoms with van der Waals surface area (Å²) in [4.78, 5) is 0.948. The van der Waals surface area contributed by atoms with Gasteiger partial charge in [0.05, 0.1) is 4.90 Å². The Kier molecular flexibility index (Phi) is 5.10. The van der Waals surface area contributed by atoms with E-state index in [0.29, 0.717) is 12.1 Å². The molecule has 1 aromatic heterocycles. The van der Waals surface area contributed by atoms with Gasteiger partial charge < -0.3 is 5.32 Å². The minimum absolute atomic E-state index is 0.0101. The van der Waals surface area contributed by atoms with Crippen LogP contribution < -0.4 is 5.32 Å². The SMILES string of the molecule is CNCc1ccc(F)cc1S(=O)(=O)N(C)Cc1cccs1. The monoisotopic (exact) mass is 328 g/mol. The molecule has 0 amide bonds. The normalized spacial score (nSPS) is 12.0. The summed E-state index contributed by atoms with van der Waals surface area (Å²) in [5.41, 5.74) is 0.553. The van der Waals surface area contributed by atoms with Crippen molar-refractivity contribution in [2.45, 2.75) is 18.0 Å². The molecule has 0 aliphatic rings. The zero-order valence-corrected chi connectivity index (χ0v) is 13.5. The molecule has 0 fully saturated rings. The number of sulfonamides is 1. The highest BCUT2D eigenvalue weighted by molar-refractivity contribution is 7.89. The minimum atomic E-state index is -3.73. The number of benzene rings is 1. The van der Waals surface area contributed by atoms with E-state index in [4.69, 9.17) is 0 Å². The van der Waals surface area contributed by atoms with E-state index in [1.165, 1.54) is 34.8 Å². The standard InChI is InChI=1S/C14H17FN2O2S2/c1-16-9-11-5-6-12(15)8-14(11)21(18,19)17(2)10-13-4-3-7-20-13/h3-8,16H,9-10H2,1-2H3. The molecular formula is C14H17FN2O2S2. The first kappa shape index (κ1) is 16.1. The third-order valence-corrected chi connectivity index (χ3v) is 5.79. The second-order valence-corrected chi connectivity index (χ2v) is 7.67. The molecule has 7 heteroatoms. The molecular weight excluding hydrogens is 311 g/mol. The lowest BCUT2D eigenvalue weighted by molar-refractivity contribution is 0.467. The van der Waals surface area contributed by atoms with Gasteiger partial charge in [-0.2, -0.15) is 4.31 Å². The highest BCUT2D eigenvalue weighted by Gasteiger charge is 2.24. The molecule has 2 aromatic rings. The summed E-state index contributed by atoms with van der Waals surface area (Å²) < 4.78 is 40.0. The molecule has 21 heavy (non-hydrogen) atoms. The van der Waals surface area contributed by atoms with Crippen molar-refractivity contribution in [2.24, 2.45) is 0 Å². The summed E-state index contributed by atoms with van der Waals surface area (Å²) in [6, 6.07) is 7.58. The Labute approximate surface area is 128 Å². The maximum atomic E-state index is 13.5. The smallest absolute Gasteiger partial charge is 0.243 e. The Balaban J connectivity index is 2.36. The molecule has 0 saturated heterocycles. The van der Waals surface area contributed by atoms with E-state index >= 15 is 0 Å². The number of rotatable bonds is 6. The molecule has 1 heterocycles. The largest absolute Gasteiger partial charge is 0.316 e. The fourth-order valence-electron chi connectivity index (χ4n) is 1.98. The van der Waals surface area contributed by atoms with Gasteiger partial charge in [0, 0.05) is 25.0 Å². The minimum Gasteiger partial charge on any atom is -0.316 e. The summed E-state index contributed by atoms with van der Waals surface area (Å²) in [5.74, 6) is -0.557. The third-order valence-electron chi connectivity index (χ3n) is 3.04. The summed E-state index contributed by atoms with van der Waals surface area (Å²) in [5, 5.41) is 4.79. The van der Waals surface area contributed by atoms with Crippen molar-refractivity contribution in [3.05, 3.63) is 52.0 Å². The average Bonchev–Trinajstić information content (AvgIpc) is 2.93. The molecule has 0 radical (unpaired) electrons. The van der Waals surface area contributed by atoms with E-state index in [2.05, 4.69) is 5.32 Å². The van der Waals surface area contributed by atoms with Gasteiger partial charge in [0.25, 0.3) is 0 Å². The second-order valence-electron chi connectivity index (χ2n) is 4.62. The highest BCUT2D eigenvalue weighted by atomic mass is 32.2. The molecule has 0 bridgehead atoms. The van der Waals surface area contributed by atoms with Crippen LogP contribution >= 0.6 is 11.3 Å². The number of nitrogens with one attached hydrogen (secondary N) is 1. The topological polar surface area (TPSA) is 49.4 Å². The van der Waals surface area contributed by atoms with Crippen LogP contribution in [0.5, 0.6) is 0 Å². The lowest BCUT2D eigenvalue weighted by Crippen LogP contribution is -2.27. The van der Waals surface area contributed by atoms with Crippen molar-refractivity contribution in [3.8, 4) is 0 Å². The Morgan fingerprint density at radius 2 is 2.10 bits per heavy atom. The van der Waals surface area contributed by atoms with Crippen LogP contribution in [0.3, 0.4) is 0 Å². The van der Waals surface area contributed by atoms with Crippen molar-refractivity contribution >= 4 is 21.4 Å². The molecule has 0 saturated carbocycles. The Bertz CT molecular complexity index is 700. The zero-order chi connectivity index (χ0) is 15.5. The molecule has 0 unspecified atom stereocenters. The average molecular weight is 328 g/mol. The maximum absolute atomic E-state index is 13.5. The van der Waals surface area contributed by atoms with E-state index in [9.17, 15) is 12.8 Å². The summed E-state index contributed by atoms with van der Waals surface area (Å²) in [7, 11) is -0.510. The van der Waals surface area contributed by atoms with Crippen molar-refractivity contribution < 1.29 is 12.8 Å². The molecule has 0 aliphatic carbocycles. The quantitative estimate of drug-likeness (QED) is 0.886. The first-order valence-corrected chi connectivity index (χ1v) is 8.69. The molecule has 1 N–H and O–H groups in total. The van der Waals surface area contributed by atoms with Crippen molar-refractivity contribution in [3.63, 3.8) is 0 Å². The fraction of sp³-hybridized carbons (Fsp3) is 0.286. The van der Waals surface area contributed by atoms with Gasteiger partial charge >= 0.3 is 0 Å². The van der Waals surface area contributed by atoms with Gasteiger partial charge in [-0.25, -0.2) is 12.8 Å². The lowest BCUT2D eigenvalue weighted by atomic mass is 10.2. The van der Waals surface area contributed by atoms with Crippen molar-refractivity contribution in [1.29, 1.82) is 0 Å². The third kappa shape index (κ3) is 3.68. The van der Waals surface area contributed by atoms with E-state index in [1.807, 2.05) is 17.5 Å². The van der Waals surface area contributed by atoms with Crippen molar-refractivity contribution in [1.82, 2.24) is 9.62 Å². The van der Waals surface area contributed by atoms with Gasteiger partial charge in [0.1, 0.15) is 5.82 Å². The van der Waals surface area contributed by atoms with Crippen LogP contribution in [0, 0.1) is 5.82 Å². The van der Waals surface area contributed by atoms with E-state index < -0.39 is 15.8 Å². The number of nitrogens with zero attached hydrogens (tertiary/aromatic N) is 1. The van der Waals surface area contributed by atoms with Gasteiger partial charge in [0.15, 0.2) is 0 Å². The van der Waals surface area contributed by atoms with Gasteiger partial charge in [0.2, 0.25) is 10.0 Å². The Hall–Kier alpha value is -1.28. The van der Waals surface area contributed by atoms with Crippen LogP contribution in [-0.4, -0.2) is 26.8 Å². The van der Waals surface area contributed by atoms with Crippen LogP contribution in [0.2, 0.25) is 0 Å². The van der Waals surface area contributed by atoms with Crippen LogP contribution in [0.15, 0.2) is 40.6 Å². The Morgan fingerprint density at radius 3 is 2.71 bits per heavy atom. The molecule has 0 spiro atoms. The van der Waals surface area contributed by atoms with Crippen LogP contribution in [0.4, 0.5) is 4.39 Å². The first-order valence-electron chi connectivity index (χ1n) is 6.37.